The van der Waals surface area contributed by atoms with Gasteiger partial charge in [-0.2, -0.15) is 0 Å². The minimum atomic E-state index is -1.08. The molecule has 3 rings (SSSR count). The molecule has 0 aromatic heterocycles. The molecule has 7 heteroatoms. The van der Waals surface area contributed by atoms with Crippen LogP contribution in [0.1, 0.15) is 24.5 Å². The molecule has 0 spiro atoms. The Hall–Kier alpha value is -2.73. The normalized spacial score (nSPS) is 18.9. The van der Waals surface area contributed by atoms with Crippen LogP contribution < -0.4 is 14.8 Å². The van der Waals surface area contributed by atoms with Gasteiger partial charge in [0.25, 0.3) is 5.91 Å². The number of methoxy groups -OCH3 is 1. The van der Waals surface area contributed by atoms with Crippen molar-refractivity contribution in [2.75, 3.05) is 20.3 Å². The molecule has 2 aromatic carbocycles. The summed E-state index contributed by atoms with van der Waals surface area (Å²) in [7, 11) is 1.60. The first-order valence-electron chi connectivity index (χ1n) is 9.09. The van der Waals surface area contributed by atoms with Crippen molar-refractivity contribution in [2.24, 2.45) is 0 Å². The fourth-order valence-corrected chi connectivity index (χ4v) is 3.52. The molecule has 1 aliphatic rings. The average Bonchev–Trinajstić information content (AvgIpc) is 2.94. The summed E-state index contributed by atoms with van der Waals surface area (Å²) >= 11 is 5.85. The lowest BCUT2D eigenvalue weighted by Gasteiger charge is -2.26. The zero-order chi connectivity index (χ0) is 20.3. The number of imide groups is 1. The number of amides is 3. The number of carbonyl (C=O) groups excluding carboxylic acids is 2. The van der Waals surface area contributed by atoms with Crippen molar-refractivity contribution in [1.29, 1.82) is 0 Å². The molecule has 1 heterocycles. The van der Waals surface area contributed by atoms with Crippen molar-refractivity contribution in [3.63, 3.8) is 0 Å². The Morgan fingerprint density at radius 2 is 1.86 bits per heavy atom. The van der Waals surface area contributed by atoms with Crippen molar-refractivity contribution in [3.8, 4) is 11.5 Å². The van der Waals surface area contributed by atoms with Gasteiger partial charge in [0.15, 0.2) is 0 Å². The number of aryl methyl sites for hydroxylation is 1. The van der Waals surface area contributed by atoms with Crippen LogP contribution in [0.2, 0.25) is 5.02 Å². The SMILES string of the molecule is CCC1(c2ccc(OC)c(C)c2)NC(=O)N(CCOc2ccc(Cl)cc2)C1=O. The highest BCUT2D eigenvalue weighted by molar-refractivity contribution is 6.30. The van der Waals surface area contributed by atoms with Crippen molar-refractivity contribution in [2.45, 2.75) is 25.8 Å². The summed E-state index contributed by atoms with van der Waals surface area (Å²) in [6.07, 6.45) is 0.442. The standard InChI is InChI=1S/C21H23ClN2O4/c1-4-21(15-5-10-18(27-3)14(2)13-15)19(25)24(20(26)23-21)11-12-28-17-8-6-16(22)7-9-17/h5-10,13H,4,11-12H2,1-3H3,(H,23,26). The van der Waals surface area contributed by atoms with Crippen molar-refractivity contribution in [3.05, 3.63) is 58.6 Å². The molecule has 1 saturated heterocycles. The Balaban J connectivity index is 1.75. The molecule has 6 nitrogen and oxygen atoms in total. The van der Waals surface area contributed by atoms with Crippen LogP contribution in [-0.4, -0.2) is 37.1 Å². The monoisotopic (exact) mass is 402 g/mol. The Morgan fingerprint density at radius 1 is 1.14 bits per heavy atom. The first-order valence-corrected chi connectivity index (χ1v) is 9.46. The highest BCUT2D eigenvalue weighted by Gasteiger charge is 2.51. The van der Waals surface area contributed by atoms with E-state index in [0.717, 1.165) is 16.9 Å². The van der Waals surface area contributed by atoms with E-state index in [1.807, 2.05) is 32.0 Å². The summed E-state index contributed by atoms with van der Waals surface area (Å²) in [5, 5.41) is 3.49. The number of halogens is 1. The molecule has 0 aliphatic carbocycles. The van der Waals surface area contributed by atoms with Crippen LogP contribution in [-0.2, 0) is 10.3 Å². The lowest BCUT2D eigenvalue weighted by Crippen LogP contribution is -2.43. The van der Waals surface area contributed by atoms with Crippen LogP contribution in [0.5, 0.6) is 11.5 Å². The minimum absolute atomic E-state index is 0.157. The molecule has 1 fully saturated rings. The van der Waals surface area contributed by atoms with Crippen molar-refractivity contribution < 1.29 is 19.1 Å². The number of benzene rings is 2. The van der Waals surface area contributed by atoms with Crippen molar-refractivity contribution in [1.82, 2.24) is 10.2 Å². The van der Waals surface area contributed by atoms with E-state index < -0.39 is 11.6 Å². The smallest absolute Gasteiger partial charge is 0.325 e. The van der Waals surface area contributed by atoms with E-state index in [4.69, 9.17) is 21.1 Å². The quantitative estimate of drug-likeness (QED) is 0.713. The summed E-state index contributed by atoms with van der Waals surface area (Å²) < 4.78 is 10.9. The van der Waals surface area contributed by atoms with E-state index in [9.17, 15) is 9.59 Å². The first-order chi connectivity index (χ1) is 13.4. The third kappa shape index (κ3) is 3.64. The van der Waals surface area contributed by atoms with E-state index in [2.05, 4.69) is 5.32 Å². The number of rotatable bonds is 7. The van der Waals surface area contributed by atoms with E-state index >= 15 is 0 Å². The number of ether oxygens (including phenoxy) is 2. The molecular formula is C21H23ClN2O4. The molecule has 148 valence electrons. The maximum atomic E-state index is 13.2. The van der Waals surface area contributed by atoms with Crippen molar-refractivity contribution >= 4 is 23.5 Å². The van der Waals surface area contributed by atoms with Crippen LogP contribution in [0.25, 0.3) is 0 Å². The summed E-state index contributed by atoms with van der Waals surface area (Å²) in [6.45, 7) is 4.14. The highest BCUT2D eigenvalue weighted by atomic mass is 35.5. The topological polar surface area (TPSA) is 67.9 Å². The van der Waals surface area contributed by atoms with Crippen LogP contribution in [0.15, 0.2) is 42.5 Å². The lowest BCUT2D eigenvalue weighted by molar-refractivity contribution is -0.132. The second-order valence-electron chi connectivity index (χ2n) is 6.63. The van der Waals surface area contributed by atoms with E-state index in [-0.39, 0.29) is 19.1 Å². The lowest BCUT2D eigenvalue weighted by atomic mass is 9.86. The Kier molecular flexibility index (Phi) is 5.79. The second kappa shape index (κ2) is 8.10. The molecule has 1 N–H and O–H groups in total. The van der Waals surface area contributed by atoms with E-state index in [1.165, 1.54) is 4.90 Å². The van der Waals surface area contributed by atoms with Gasteiger partial charge in [0.2, 0.25) is 0 Å². The predicted octanol–water partition coefficient (Wildman–Crippen LogP) is 3.89. The number of nitrogens with one attached hydrogen (secondary N) is 1. The number of hydrogen-bond donors (Lipinski definition) is 1. The van der Waals surface area contributed by atoms with E-state index in [1.54, 1.807) is 31.4 Å². The fourth-order valence-electron chi connectivity index (χ4n) is 3.40. The van der Waals surface area contributed by atoms with Gasteiger partial charge < -0.3 is 14.8 Å². The van der Waals surface area contributed by atoms with E-state index in [0.29, 0.717) is 17.2 Å². The van der Waals surface area contributed by atoms with Gasteiger partial charge in [-0.05, 0) is 60.9 Å². The summed E-state index contributed by atoms with van der Waals surface area (Å²) in [5.41, 5.74) is 0.571. The maximum absolute atomic E-state index is 13.2. The molecule has 1 unspecified atom stereocenters. The maximum Gasteiger partial charge on any atom is 0.325 e. The van der Waals surface area contributed by atoms with Crippen LogP contribution in [0, 0.1) is 6.92 Å². The van der Waals surface area contributed by atoms with Gasteiger partial charge >= 0.3 is 6.03 Å². The fraction of sp³-hybridized carbons (Fsp3) is 0.333. The third-order valence-corrected chi connectivity index (χ3v) is 5.24. The molecule has 0 radical (unpaired) electrons. The number of nitrogens with zero attached hydrogens (tertiary/aromatic N) is 1. The molecular weight excluding hydrogens is 380 g/mol. The minimum Gasteiger partial charge on any atom is -0.496 e. The van der Waals surface area contributed by atoms with Crippen LogP contribution in [0.3, 0.4) is 0 Å². The van der Waals surface area contributed by atoms with Gasteiger partial charge in [-0.15, -0.1) is 0 Å². The Bertz CT molecular complexity index is 884. The van der Waals surface area contributed by atoms with Crippen LogP contribution in [0.4, 0.5) is 4.79 Å². The van der Waals surface area contributed by atoms with Gasteiger partial charge in [0.1, 0.15) is 23.6 Å². The molecule has 28 heavy (non-hydrogen) atoms. The molecule has 0 bridgehead atoms. The molecule has 2 aromatic rings. The first kappa shape index (κ1) is 20.0. The second-order valence-corrected chi connectivity index (χ2v) is 7.07. The molecule has 3 amide bonds. The van der Waals surface area contributed by atoms with Crippen LogP contribution >= 0.6 is 11.6 Å². The zero-order valence-corrected chi connectivity index (χ0v) is 16.9. The predicted molar refractivity (Wildman–Crippen MR) is 107 cm³/mol. The summed E-state index contributed by atoms with van der Waals surface area (Å²) in [4.78, 5) is 26.9. The number of carbonyl (C=O) groups is 2. The number of urea groups is 1. The average molecular weight is 403 g/mol. The summed E-state index contributed by atoms with van der Waals surface area (Å²) in [5.74, 6) is 1.09. The Morgan fingerprint density at radius 3 is 2.46 bits per heavy atom. The third-order valence-electron chi connectivity index (χ3n) is 4.99. The molecule has 1 aliphatic heterocycles. The Labute approximate surface area is 169 Å². The number of hydrogen-bond acceptors (Lipinski definition) is 4. The van der Waals surface area contributed by atoms with Gasteiger partial charge in [0.05, 0.1) is 13.7 Å². The van der Waals surface area contributed by atoms with Gasteiger partial charge in [-0.1, -0.05) is 24.6 Å². The zero-order valence-electron chi connectivity index (χ0n) is 16.1. The largest absolute Gasteiger partial charge is 0.496 e. The summed E-state index contributed by atoms with van der Waals surface area (Å²) in [6, 6.07) is 12.0. The van der Waals surface area contributed by atoms with Gasteiger partial charge in [-0.25, -0.2) is 4.79 Å². The van der Waals surface area contributed by atoms with Gasteiger partial charge in [-0.3, -0.25) is 9.69 Å². The highest BCUT2D eigenvalue weighted by Crippen LogP contribution is 2.34. The molecule has 0 saturated carbocycles. The molecule has 1 atom stereocenters. The van der Waals surface area contributed by atoms with Gasteiger partial charge in [0, 0.05) is 5.02 Å².